The predicted molar refractivity (Wildman–Crippen MR) is 67.6 cm³/mol. The Hall–Kier alpha value is -2.35. The van der Waals surface area contributed by atoms with Gasteiger partial charge in [0.05, 0.1) is 18.2 Å². The summed E-state index contributed by atoms with van der Waals surface area (Å²) in [5.74, 6) is -1.69. The summed E-state index contributed by atoms with van der Waals surface area (Å²) in [6.45, 7) is 8.82. The molecule has 0 saturated carbocycles. The smallest absolute Gasteiger partial charge is 0.337 e. The highest BCUT2D eigenvalue weighted by Gasteiger charge is 2.04. The van der Waals surface area contributed by atoms with E-state index in [1.54, 1.807) is 6.07 Å². The van der Waals surface area contributed by atoms with Crippen molar-refractivity contribution >= 4 is 11.9 Å². The van der Waals surface area contributed by atoms with Crippen molar-refractivity contribution < 1.29 is 19.4 Å². The molecule has 0 rings (SSSR count). The molecular formula is C13H17NO4. The zero-order valence-corrected chi connectivity index (χ0v) is 10.4. The molecule has 18 heavy (non-hydrogen) atoms. The van der Waals surface area contributed by atoms with Crippen LogP contribution in [0, 0.1) is 11.3 Å². The third-order valence-corrected chi connectivity index (χ3v) is 1.51. The number of carbonyl (C=O) groups excluding carboxylic acids is 1. The van der Waals surface area contributed by atoms with Gasteiger partial charge in [0.2, 0.25) is 0 Å². The number of esters is 1. The normalized spacial score (nSPS) is 8.67. The second-order valence-corrected chi connectivity index (χ2v) is 3.02. The second-order valence-electron chi connectivity index (χ2n) is 3.02. The van der Waals surface area contributed by atoms with Crippen LogP contribution in [0.2, 0.25) is 0 Å². The van der Waals surface area contributed by atoms with Gasteiger partial charge < -0.3 is 9.84 Å². The lowest BCUT2D eigenvalue weighted by molar-refractivity contribution is -0.138. The molecular weight excluding hydrogens is 234 g/mol. The van der Waals surface area contributed by atoms with Crippen molar-refractivity contribution in [2.75, 3.05) is 6.61 Å². The molecule has 0 aromatic heterocycles. The van der Waals surface area contributed by atoms with E-state index in [2.05, 4.69) is 13.2 Å². The Morgan fingerprint density at radius 3 is 2.39 bits per heavy atom. The molecule has 0 aliphatic rings. The average molecular weight is 251 g/mol. The number of carboxylic acids is 1. The second kappa shape index (κ2) is 12.7. The first-order valence-corrected chi connectivity index (χ1v) is 5.27. The number of nitriles is 1. The third kappa shape index (κ3) is 13.7. The number of aliphatic carboxylic acids is 1. The Labute approximate surface area is 107 Å². The minimum Gasteiger partial charge on any atom is -0.478 e. The molecule has 98 valence electrons. The fourth-order valence-electron chi connectivity index (χ4n) is 0.642. The molecule has 0 fully saturated rings. The topological polar surface area (TPSA) is 87.4 Å². The van der Waals surface area contributed by atoms with Crippen molar-refractivity contribution in [2.45, 2.75) is 19.8 Å². The van der Waals surface area contributed by atoms with Crippen molar-refractivity contribution in [1.82, 2.24) is 0 Å². The van der Waals surface area contributed by atoms with Crippen molar-refractivity contribution in [1.29, 1.82) is 5.26 Å². The van der Waals surface area contributed by atoms with E-state index in [0.717, 1.165) is 25.0 Å². The molecule has 0 unspecified atom stereocenters. The van der Waals surface area contributed by atoms with E-state index in [1.165, 1.54) is 6.08 Å². The average Bonchev–Trinajstić information content (AvgIpc) is 2.36. The van der Waals surface area contributed by atoms with Crippen LogP contribution in [0.15, 0.2) is 37.0 Å². The third-order valence-electron chi connectivity index (χ3n) is 1.51. The molecule has 0 saturated heterocycles. The monoisotopic (exact) mass is 251 g/mol. The van der Waals surface area contributed by atoms with Gasteiger partial charge >= 0.3 is 11.9 Å². The molecule has 0 aromatic carbocycles. The summed E-state index contributed by atoms with van der Waals surface area (Å²) in [7, 11) is 0. The van der Waals surface area contributed by atoms with E-state index in [0.29, 0.717) is 6.61 Å². The Morgan fingerprint density at radius 2 is 2.00 bits per heavy atom. The van der Waals surface area contributed by atoms with E-state index in [-0.39, 0.29) is 5.57 Å². The largest absolute Gasteiger partial charge is 0.478 e. The predicted octanol–water partition coefficient (Wildman–Crippen LogP) is 2.22. The summed E-state index contributed by atoms with van der Waals surface area (Å²) in [4.78, 5) is 21.2. The summed E-state index contributed by atoms with van der Waals surface area (Å²) in [6, 6.07) is 1.69. The molecule has 1 N–H and O–H groups in total. The highest BCUT2D eigenvalue weighted by Crippen LogP contribution is 1.98. The number of hydrogen-bond donors (Lipinski definition) is 1. The first-order chi connectivity index (χ1) is 8.49. The quantitative estimate of drug-likeness (QED) is 0.257. The summed E-state index contributed by atoms with van der Waals surface area (Å²) < 4.78 is 4.79. The highest BCUT2D eigenvalue weighted by molar-refractivity contribution is 5.93. The molecule has 5 nitrogen and oxygen atoms in total. The molecule has 0 heterocycles. The molecule has 0 bridgehead atoms. The molecule has 0 spiro atoms. The van der Waals surface area contributed by atoms with Gasteiger partial charge in [-0.15, -0.1) is 0 Å². The maximum Gasteiger partial charge on any atom is 0.337 e. The van der Waals surface area contributed by atoms with Crippen molar-refractivity contribution in [3.05, 3.63) is 37.0 Å². The molecule has 0 aliphatic carbocycles. The van der Waals surface area contributed by atoms with Crippen LogP contribution in [0.5, 0.6) is 0 Å². The van der Waals surface area contributed by atoms with Gasteiger partial charge in [-0.1, -0.05) is 26.5 Å². The number of carboxylic acid groups (broad SMARTS) is 1. The number of nitrogens with zero attached hydrogens (tertiary/aromatic N) is 1. The van der Waals surface area contributed by atoms with Crippen molar-refractivity contribution in [2.24, 2.45) is 0 Å². The van der Waals surface area contributed by atoms with Crippen LogP contribution < -0.4 is 0 Å². The number of rotatable bonds is 6. The summed E-state index contributed by atoms with van der Waals surface area (Å²) in [5, 5.41) is 15.8. The van der Waals surface area contributed by atoms with Crippen LogP contribution in [-0.4, -0.2) is 23.7 Å². The van der Waals surface area contributed by atoms with Gasteiger partial charge in [0.15, 0.2) is 0 Å². The SMILES string of the molecule is C=C(C=CC(=O)O)C(=O)OCCCC.C=CC#N. The standard InChI is InChI=1S/C10H14O4.C3H3N/c1-3-4-7-14-10(13)8(2)5-6-9(11)12;1-2-3-4/h5-6H,2-4,7H2,1H3,(H,11,12);2H,1H2. The first-order valence-electron chi connectivity index (χ1n) is 5.27. The lowest BCUT2D eigenvalue weighted by Crippen LogP contribution is -2.07. The Bertz CT molecular complexity index is 364. The van der Waals surface area contributed by atoms with Crippen molar-refractivity contribution in [3.63, 3.8) is 0 Å². The first kappa shape index (κ1) is 18.0. The zero-order chi connectivity index (χ0) is 14.4. The van der Waals surface area contributed by atoms with Crippen LogP contribution in [0.4, 0.5) is 0 Å². The zero-order valence-electron chi connectivity index (χ0n) is 10.4. The Kier molecular flexibility index (Phi) is 12.7. The van der Waals surface area contributed by atoms with Crippen LogP contribution in [0.1, 0.15) is 19.8 Å². The molecule has 0 amide bonds. The van der Waals surface area contributed by atoms with Crippen molar-refractivity contribution in [3.8, 4) is 6.07 Å². The molecule has 0 aliphatic heterocycles. The molecule has 0 atom stereocenters. The Balaban J connectivity index is 0. The van der Waals surface area contributed by atoms with E-state index in [9.17, 15) is 9.59 Å². The summed E-state index contributed by atoms with van der Waals surface area (Å²) in [6.07, 6.45) is 4.88. The van der Waals surface area contributed by atoms with Gasteiger partial charge in [0.25, 0.3) is 0 Å². The number of carbonyl (C=O) groups is 2. The van der Waals surface area contributed by atoms with Crippen LogP contribution in [0.25, 0.3) is 0 Å². The van der Waals surface area contributed by atoms with E-state index >= 15 is 0 Å². The van der Waals surface area contributed by atoms with Gasteiger partial charge in [-0.3, -0.25) is 0 Å². The number of unbranched alkanes of at least 4 members (excludes halogenated alkanes) is 1. The molecule has 0 radical (unpaired) electrons. The minimum absolute atomic E-state index is 0.0449. The Morgan fingerprint density at radius 1 is 1.44 bits per heavy atom. The highest BCUT2D eigenvalue weighted by atomic mass is 16.5. The van der Waals surface area contributed by atoms with E-state index in [1.807, 2.05) is 6.92 Å². The van der Waals surface area contributed by atoms with Crippen LogP contribution in [-0.2, 0) is 14.3 Å². The number of ether oxygens (including phenoxy) is 1. The van der Waals surface area contributed by atoms with Gasteiger partial charge in [-0.25, -0.2) is 9.59 Å². The lowest BCUT2D eigenvalue weighted by atomic mass is 10.3. The number of hydrogen-bond acceptors (Lipinski definition) is 4. The maximum atomic E-state index is 11.1. The minimum atomic E-state index is -1.12. The lowest BCUT2D eigenvalue weighted by Gasteiger charge is -2.02. The fourth-order valence-corrected chi connectivity index (χ4v) is 0.642. The molecule has 5 heteroatoms. The maximum absolute atomic E-state index is 11.1. The van der Waals surface area contributed by atoms with Gasteiger partial charge in [0, 0.05) is 12.2 Å². The number of allylic oxidation sites excluding steroid dienone is 1. The van der Waals surface area contributed by atoms with Gasteiger partial charge in [0.1, 0.15) is 0 Å². The van der Waals surface area contributed by atoms with Gasteiger partial charge in [-0.2, -0.15) is 5.26 Å². The summed E-state index contributed by atoms with van der Waals surface area (Å²) >= 11 is 0. The van der Waals surface area contributed by atoms with Gasteiger partial charge in [-0.05, 0) is 12.5 Å². The molecule has 0 aromatic rings. The fraction of sp³-hybridized carbons (Fsp3) is 0.308. The van der Waals surface area contributed by atoms with Crippen LogP contribution >= 0.6 is 0 Å². The van der Waals surface area contributed by atoms with E-state index < -0.39 is 11.9 Å². The summed E-state index contributed by atoms with van der Waals surface area (Å²) in [5.41, 5.74) is 0.0449. The van der Waals surface area contributed by atoms with E-state index in [4.69, 9.17) is 15.1 Å². The van der Waals surface area contributed by atoms with Crippen LogP contribution in [0.3, 0.4) is 0 Å².